The number of benzene rings is 2. The van der Waals surface area contributed by atoms with Crippen LogP contribution in [0.1, 0.15) is 41.3 Å². The summed E-state index contributed by atoms with van der Waals surface area (Å²) in [4.78, 5) is 12.5. The minimum absolute atomic E-state index is 0.118. The van der Waals surface area contributed by atoms with Gasteiger partial charge in [-0.25, -0.2) is 0 Å². The first-order chi connectivity index (χ1) is 11.7. The Kier molecular flexibility index (Phi) is 4.99. The molecule has 3 rings (SSSR count). The minimum Gasteiger partial charge on any atom is -0.493 e. The molecule has 0 unspecified atom stereocenters. The van der Waals surface area contributed by atoms with E-state index < -0.39 is 0 Å². The fraction of sp³-hybridized carbons (Fsp3) is 0.286. The van der Waals surface area contributed by atoms with Crippen molar-refractivity contribution in [3.8, 4) is 11.5 Å². The highest BCUT2D eigenvalue weighted by atomic mass is 16.5. The highest BCUT2D eigenvalue weighted by molar-refractivity contribution is 6.15. The molecule has 0 atom stereocenters. The van der Waals surface area contributed by atoms with Crippen LogP contribution in [0.2, 0.25) is 0 Å². The quantitative estimate of drug-likeness (QED) is 0.571. The normalized spacial score (nSPS) is 14.8. The zero-order valence-electron chi connectivity index (χ0n) is 14.2. The molecule has 0 aliphatic heterocycles. The molecule has 0 saturated heterocycles. The van der Waals surface area contributed by atoms with Crippen LogP contribution in [0.15, 0.2) is 48.0 Å². The van der Waals surface area contributed by atoms with Gasteiger partial charge in [-0.15, -0.1) is 0 Å². The zero-order valence-corrected chi connectivity index (χ0v) is 14.2. The minimum atomic E-state index is 0.118. The van der Waals surface area contributed by atoms with Crippen LogP contribution in [0.25, 0.3) is 6.08 Å². The monoisotopic (exact) mass is 322 g/mol. The SMILES string of the molecule is CCCCOc1ccc(C=C2Cc3ccccc3C2=O)cc1OC. The van der Waals surface area contributed by atoms with E-state index in [2.05, 4.69) is 6.92 Å². The number of carbonyl (C=O) groups is 1. The lowest BCUT2D eigenvalue weighted by atomic mass is 10.1. The largest absolute Gasteiger partial charge is 0.493 e. The average Bonchev–Trinajstić information content (AvgIpc) is 2.92. The van der Waals surface area contributed by atoms with Gasteiger partial charge in [0, 0.05) is 17.6 Å². The van der Waals surface area contributed by atoms with Crippen LogP contribution in [-0.2, 0) is 6.42 Å². The van der Waals surface area contributed by atoms with Crippen LogP contribution >= 0.6 is 0 Å². The van der Waals surface area contributed by atoms with Crippen LogP contribution in [-0.4, -0.2) is 19.5 Å². The molecule has 0 N–H and O–H groups in total. The number of rotatable bonds is 6. The van der Waals surface area contributed by atoms with Gasteiger partial charge in [0.25, 0.3) is 0 Å². The molecule has 0 heterocycles. The number of hydrogen-bond acceptors (Lipinski definition) is 3. The number of allylic oxidation sites excluding steroid dienone is 1. The van der Waals surface area contributed by atoms with E-state index >= 15 is 0 Å². The van der Waals surface area contributed by atoms with E-state index in [1.165, 1.54) is 0 Å². The van der Waals surface area contributed by atoms with E-state index in [9.17, 15) is 4.79 Å². The highest BCUT2D eigenvalue weighted by Crippen LogP contribution is 2.31. The summed E-state index contributed by atoms with van der Waals surface area (Å²) in [5.74, 6) is 1.56. The van der Waals surface area contributed by atoms with E-state index in [1.54, 1.807) is 7.11 Å². The fourth-order valence-corrected chi connectivity index (χ4v) is 2.89. The van der Waals surface area contributed by atoms with Gasteiger partial charge in [-0.05, 0) is 35.8 Å². The van der Waals surface area contributed by atoms with Crippen molar-refractivity contribution in [2.75, 3.05) is 13.7 Å². The van der Waals surface area contributed by atoms with Gasteiger partial charge >= 0.3 is 0 Å². The summed E-state index contributed by atoms with van der Waals surface area (Å²) in [6.07, 6.45) is 4.74. The molecule has 3 nitrogen and oxygen atoms in total. The third kappa shape index (κ3) is 3.35. The molecule has 0 aromatic heterocycles. The third-order valence-electron chi connectivity index (χ3n) is 4.22. The summed E-state index contributed by atoms with van der Waals surface area (Å²) in [7, 11) is 1.63. The van der Waals surface area contributed by atoms with E-state index in [1.807, 2.05) is 48.5 Å². The van der Waals surface area contributed by atoms with Gasteiger partial charge in [-0.3, -0.25) is 4.79 Å². The van der Waals surface area contributed by atoms with E-state index in [0.29, 0.717) is 18.8 Å². The summed E-state index contributed by atoms with van der Waals surface area (Å²) in [6, 6.07) is 13.6. The molecule has 124 valence electrons. The number of hydrogen-bond donors (Lipinski definition) is 0. The highest BCUT2D eigenvalue weighted by Gasteiger charge is 2.23. The van der Waals surface area contributed by atoms with Crippen molar-refractivity contribution in [2.24, 2.45) is 0 Å². The summed E-state index contributed by atoms with van der Waals surface area (Å²) in [6.45, 7) is 2.81. The molecule has 0 bridgehead atoms. The molecule has 3 heteroatoms. The number of Topliss-reactive ketones (excluding diaryl/α,β-unsaturated/α-hetero) is 1. The Hall–Kier alpha value is -2.55. The molecule has 2 aromatic rings. The topological polar surface area (TPSA) is 35.5 Å². The molecule has 2 aromatic carbocycles. The number of fused-ring (bicyclic) bond motifs is 1. The Morgan fingerprint density at radius 3 is 2.71 bits per heavy atom. The molecule has 0 amide bonds. The number of ether oxygens (including phenoxy) is 2. The van der Waals surface area contributed by atoms with Gasteiger partial charge in [-0.2, -0.15) is 0 Å². The smallest absolute Gasteiger partial charge is 0.189 e. The van der Waals surface area contributed by atoms with Crippen molar-refractivity contribution >= 4 is 11.9 Å². The predicted molar refractivity (Wildman–Crippen MR) is 95.9 cm³/mol. The van der Waals surface area contributed by atoms with Gasteiger partial charge in [0.05, 0.1) is 13.7 Å². The number of ketones is 1. The summed E-state index contributed by atoms with van der Waals surface area (Å²) in [5, 5.41) is 0. The van der Waals surface area contributed by atoms with Crippen molar-refractivity contribution < 1.29 is 14.3 Å². The molecule has 1 aliphatic carbocycles. The zero-order chi connectivity index (χ0) is 16.9. The maximum Gasteiger partial charge on any atom is 0.189 e. The van der Waals surface area contributed by atoms with Crippen molar-refractivity contribution in [2.45, 2.75) is 26.2 Å². The van der Waals surface area contributed by atoms with Crippen LogP contribution in [0.3, 0.4) is 0 Å². The second-order valence-corrected chi connectivity index (χ2v) is 5.94. The molecular formula is C21H22O3. The van der Waals surface area contributed by atoms with Gasteiger partial charge in [0.2, 0.25) is 0 Å². The van der Waals surface area contributed by atoms with Crippen LogP contribution in [0.4, 0.5) is 0 Å². The Morgan fingerprint density at radius 1 is 1.12 bits per heavy atom. The molecule has 0 fully saturated rings. The standard InChI is InChI=1S/C21H22O3/c1-3-4-11-24-19-10-9-15(13-20(19)23-2)12-17-14-16-7-5-6-8-18(16)21(17)22/h5-10,12-13H,3-4,11,14H2,1-2H3. The van der Waals surface area contributed by atoms with E-state index in [-0.39, 0.29) is 5.78 Å². The maximum atomic E-state index is 12.5. The van der Waals surface area contributed by atoms with Gasteiger partial charge < -0.3 is 9.47 Å². The second-order valence-electron chi connectivity index (χ2n) is 5.94. The summed E-state index contributed by atoms with van der Waals surface area (Å²) in [5.41, 5.74) is 3.68. The van der Waals surface area contributed by atoms with Gasteiger partial charge in [0.15, 0.2) is 17.3 Å². The maximum absolute atomic E-state index is 12.5. The van der Waals surface area contributed by atoms with Gasteiger partial charge in [-0.1, -0.05) is 43.7 Å². The Balaban J connectivity index is 1.82. The number of methoxy groups -OCH3 is 1. The van der Waals surface area contributed by atoms with E-state index in [0.717, 1.165) is 40.9 Å². The van der Waals surface area contributed by atoms with Crippen molar-refractivity contribution in [3.63, 3.8) is 0 Å². The lowest BCUT2D eigenvalue weighted by Crippen LogP contribution is -1.99. The average molecular weight is 322 g/mol. The van der Waals surface area contributed by atoms with Crippen LogP contribution in [0, 0.1) is 0 Å². The molecule has 1 aliphatic rings. The van der Waals surface area contributed by atoms with Gasteiger partial charge in [0.1, 0.15) is 0 Å². The lowest BCUT2D eigenvalue weighted by Gasteiger charge is -2.11. The summed E-state index contributed by atoms with van der Waals surface area (Å²) < 4.78 is 11.2. The Labute approximate surface area is 142 Å². The first-order valence-corrected chi connectivity index (χ1v) is 8.37. The third-order valence-corrected chi connectivity index (χ3v) is 4.22. The first kappa shape index (κ1) is 16.3. The molecule has 0 spiro atoms. The number of carbonyl (C=O) groups excluding carboxylic acids is 1. The fourth-order valence-electron chi connectivity index (χ4n) is 2.89. The predicted octanol–water partition coefficient (Wildman–Crippen LogP) is 4.70. The molecule has 0 radical (unpaired) electrons. The molecular weight excluding hydrogens is 300 g/mol. The van der Waals surface area contributed by atoms with Crippen LogP contribution in [0.5, 0.6) is 11.5 Å². The van der Waals surface area contributed by atoms with E-state index in [4.69, 9.17) is 9.47 Å². The van der Waals surface area contributed by atoms with Crippen molar-refractivity contribution in [1.82, 2.24) is 0 Å². The first-order valence-electron chi connectivity index (χ1n) is 8.37. The van der Waals surface area contributed by atoms with Crippen LogP contribution < -0.4 is 9.47 Å². The molecule has 0 saturated carbocycles. The molecule has 24 heavy (non-hydrogen) atoms. The van der Waals surface area contributed by atoms with Crippen molar-refractivity contribution in [1.29, 1.82) is 0 Å². The second kappa shape index (κ2) is 7.35. The Morgan fingerprint density at radius 2 is 1.96 bits per heavy atom. The summed E-state index contributed by atoms with van der Waals surface area (Å²) >= 11 is 0. The Bertz CT molecular complexity index is 774. The van der Waals surface area contributed by atoms with Crippen molar-refractivity contribution in [3.05, 3.63) is 64.7 Å². The lowest BCUT2D eigenvalue weighted by molar-refractivity contribution is 0.104. The number of unbranched alkanes of at least 4 members (excludes halogenated alkanes) is 1.